The predicted molar refractivity (Wildman–Crippen MR) is 120 cm³/mol. The number of nitrogens with one attached hydrogen (secondary N) is 3. The maximum absolute atomic E-state index is 11.5. The molecule has 1 atom stereocenters. The monoisotopic (exact) mass is 472 g/mol. The summed E-state index contributed by atoms with van der Waals surface area (Å²) < 4.78 is 1.54. The van der Waals surface area contributed by atoms with Crippen molar-refractivity contribution in [1.82, 2.24) is 29.5 Å². The quantitative estimate of drug-likeness (QED) is 0.350. The molecule has 0 amide bonds. The minimum absolute atomic E-state index is 0.211. The van der Waals surface area contributed by atoms with Gasteiger partial charge in [-0.2, -0.15) is 19.6 Å². The highest BCUT2D eigenvalue weighted by molar-refractivity contribution is 6.33. The van der Waals surface area contributed by atoms with Crippen LogP contribution in [0.5, 0.6) is 5.88 Å². The van der Waals surface area contributed by atoms with Gasteiger partial charge in [-0.25, -0.2) is 9.79 Å². The molecule has 1 fully saturated rings. The van der Waals surface area contributed by atoms with Crippen molar-refractivity contribution in [2.75, 3.05) is 5.32 Å². The summed E-state index contributed by atoms with van der Waals surface area (Å²) in [6, 6.07) is 5.23. The maximum atomic E-state index is 11.5. The Morgan fingerprint density at radius 3 is 2.84 bits per heavy atom. The van der Waals surface area contributed by atoms with E-state index in [1.54, 1.807) is 30.5 Å². The molecular weight excluding hydrogens is 455 g/mol. The lowest BCUT2D eigenvalue weighted by Crippen LogP contribution is -2.25. The van der Waals surface area contributed by atoms with Gasteiger partial charge in [-0.15, -0.1) is 0 Å². The number of aromatic amines is 2. The van der Waals surface area contributed by atoms with Crippen LogP contribution in [0.3, 0.4) is 0 Å². The lowest BCUT2D eigenvalue weighted by atomic mass is 10.1. The lowest BCUT2D eigenvalue weighted by molar-refractivity contribution is 0.454. The number of fused-ring (bicyclic) bond motifs is 1. The zero-order chi connectivity index (χ0) is 22.4. The van der Waals surface area contributed by atoms with Gasteiger partial charge in [0.15, 0.2) is 5.65 Å². The average Bonchev–Trinajstić information content (AvgIpc) is 3.38. The molecule has 1 aromatic carbocycles. The second-order valence-corrected chi connectivity index (χ2v) is 8.40. The van der Waals surface area contributed by atoms with Crippen LogP contribution in [0.25, 0.3) is 11.7 Å². The molecule has 12 heteroatoms. The van der Waals surface area contributed by atoms with E-state index < -0.39 is 5.69 Å². The van der Waals surface area contributed by atoms with Gasteiger partial charge >= 0.3 is 5.69 Å². The zero-order valence-electron chi connectivity index (χ0n) is 16.8. The van der Waals surface area contributed by atoms with Crippen LogP contribution in [-0.4, -0.2) is 40.7 Å². The van der Waals surface area contributed by atoms with E-state index in [0.717, 1.165) is 18.4 Å². The van der Waals surface area contributed by atoms with E-state index in [0.29, 0.717) is 32.5 Å². The van der Waals surface area contributed by atoms with Crippen molar-refractivity contribution < 1.29 is 5.11 Å². The third-order valence-electron chi connectivity index (χ3n) is 5.03. The SMILES string of the molecule is CC(Nc1nc(=NC2CC2)n2ncc(=Cc3[nH]c(=O)[nH]c3O)c2n1)c1cc(Cl)ccc1Cl. The molecule has 32 heavy (non-hydrogen) atoms. The van der Waals surface area contributed by atoms with Crippen molar-refractivity contribution in [3.63, 3.8) is 0 Å². The van der Waals surface area contributed by atoms with Crippen LogP contribution in [0.4, 0.5) is 5.95 Å². The summed E-state index contributed by atoms with van der Waals surface area (Å²) in [5.41, 5.74) is 1.39. The molecule has 0 radical (unpaired) electrons. The van der Waals surface area contributed by atoms with Gasteiger partial charge in [-0.05, 0) is 49.6 Å². The van der Waals surface area contributed by atoms with Crippen molar-refractivity contribution in [1.29, 1.82) is 0 Å². The third kappa shape index (κ3) is 4.06. The number of halogens is 2. The van der Waals surface area contributed by atoms with E-state index in [2.05, 4.69) is 35.3 Å². The molecule has 1 aliphatic carbocycles. The third-order valence-corrected chi connectivity index (χ3v) is 5.61. The van der Waals surface area contributed by atoms with Crippen LogP contribution in [0, 0.1) is 0 Å². The van der Waals surface area contributed by atoms with Crippen LogP contribution < -0.4 is 21.8 Å². The number of aromatic hydroxyl groups is 1. The van der Waals surface area contributed by atoms with Gasteiger partial charge in [0.2, 0.25) is 11.8 Å². The summed E-state index contributed by atoms with van der Waals surface area (Å²) in [6.45, 7) is 1.93. The predicted octanol–water partition coefficient (Wildman–Crippen LogP) is 1.94. The fraction of sp³-hybridized carbons (Fsp3) is 0.250. The first kappa shape index (κ1) is 20.5. The second kappa shape index (κ2) is 7.95. The average molecular weight is 473 g/mol. The van der Waals surface area contributed by atoms with Gasteiger partial charge in [-0.1, -0.05) is 23.2 Å². The summed E-state index contributed by atoms with van der Waals surface area (Å²) in [5, 5.41) is 19.2. The molecule has 0 saturated heterocycles. The normalized spacial score (nSPS) is 16.1. The van der Waals surface area contributed by atoms with Gasteiger partial charge < -0.3 is 15.4 Å². The Morgan fingerprint density at radius 1 is 1.31 bits per heavy atom. The summed E-state index contributed by atoms with van der Waals surface area (Å²) >= 11 is 12.5. The Balaban J connectivity index is 1.62. The van der Waals surface area contributed by atoms with E-state index >= 15 is 0 Å². The van der Waals surface area contributed by atoms with Crippen molar-refractivity contribution in [3.05, 3.63) is 67.0 Å². The van der Waals surface area contributed by atoms with Gasteiger partial charge in [-0.3, -0.25) is 4.98 Å². The van der Waals surface area contributed by atoms with Crippen LogP contribution in [-0.2, 0) is 0 Å². The largest absolute Gasteiger partial charge is 0.493 e. The minimum Gasteiger partial charge on any atom is -0.493 e. The van der Waals surface area contributed by atoms with E-state index in [1.165, 1.54) is 4.52 Å². The topological polar surface area (TPSA) is 136 Å². The Bertz CT molecular complexity index is 1500. The molecule has 1 saturated carbocycles. The smallest absolute Gasteiger partial charge is 0.326 e. The Morgan fingerprint density at radius 2 is 2.12 bits per heavy atom. The van der Waals surface area contributed by atoms with E-state index in [1.807, 2.05) is 6.92 Å². The van der Waals surface area contributed by atoms with E-state index in [4.69, 9.17) is 23.2 Å². The highest BCUT2D eigenvalue weighted by Gasteiger charge is 2.21. The van der Waals surface area contributed by atoms with Crippen LogP contribution >= 0.6 is 23.2 Å². The number of imidazole rings is 1. The number of nitrogens with zero attached hydrogens (tertiary/aromatic N) is 5. The molecule has 1 aliphatic rings. The molecule has 3 aromatic heterocycles. The summed E-state index contributed by atoms with van der Waals surface area (Å²) in [5.74, 6) is 0.0660. The van der Waals surface area contributed by atoms with Crippen molar-refractivity contribution in [2.24, 2.45) is 4.99 Å². The number of benzene rings is 1. The zero-order valence-corrected chi connectivity index (χ0v) is 18.3. The minimum atomic E-state index is -0.515. The fourth-order valence-electron chi connectivity index (χ4n) is 3.26. The van der Waals surface area contributed by atoms with Crippen LogP contribution in [0.1, 0.15) is 37.1 Å². The maximum Gasteiger partial charge on any atom is 0.326 e. The molecule has 10 nitrogen and oxygen atoms in total. The first-order valence-corrected chi connectivity index (χ1v) is 10.7. The molecule has 0 aliphatic heterocycles. The van der Waals surface area contributed by atoms with Crippen LogP contribution in [0.15, 0.2) is 34.2 Å². The lowest BCUT2D eigenvalue weighted by Gasteiger charge is -2.16. The molecule has 0 bridgehead atoms. The summed E-state index contributed by atoms with van der Waals surface area (Å²) in [7, 11) is 0. The number of hydrogen-bond acceptors (Lipinski definition) is 7. The molecule has 1 unspecified atom stereocenters. The van der Waals surface area contributed by atoms with Gasteiger partial charge in [0.05, 0.1) is 18.3 Å². The Labute approximate surface area is 190 Å². The first-order chi connectivity index (χ1) is 15.4. The van der Waals surface area contributed by atoms with Gasteiger partial charge in [0, 0.05) is 15.3 Å². The van der Waals surface area contributed by atoms with Crippen molar-refractivity contribution >= 4 is 40.9 Å². The number of aromatic nitrogens is 6. The number of anilines is 1. The molecule has 5 rings (SSSR count). The Hall–Kier alpha value is -3.37. The molecule has 164 valence electrons. The van der Waals surface area contributed by atoms with E-state index in [-0.39, 0.29) is 23.7 Å². The number of hydrogen-bond donors (Lipinski definition) is 4. The molecule has 4 N–H and O–H groups in total. The van der Waals surface area contributed by atoms with Crippen molar-refractivity contribution in [2.45, 2.75) is 31.8 Å². The number of H-pyrrole nitrogens is 2. The number of rotatable bonds is 5. The summed E-state index contributed by atoms with van der Waals surface area (Å²) in [6.07, 6.45) is 5.15. The molecule has 3 heterocycles. The first-order valence-electron chi connectivity index (χ1n) is 9.91. The molecule has 4 aromatic rings. The van der Waals surface area contributed by atoms with E-state index in [9.17, 15) is 9.90 Å². The van der Waals surface area contributed by atoms with Crippen molar-refractivity contribution in [3.8, 4) is 5.88 Å². The Kier molecular flexibility index (Phi) is 5.10. The standard InChI is InChI=1S/C20H18Cl2N8O2/c1-9(13-7-11(21)2-5-14(13)22)24-18-27-16-10(6-15-17(31)28-20(32)26-15)8-23-30(16)19(29-18)25-12-3-4-12/h2,5-9,12,31H,3-4H2,1H3,(H,24,25,29)(H2,26,28,32). The fourth-order valence-corrected chi connectivity index (χ4v) is 3.72. The second-order valence-electron chi connectivity index (χ2n) is 7.56. The molecule has 0 spiro atoms. The summed E-state index contributed by atoms with van der Waals surface area (Å²) in [4.78, 5) is 30.1. The highest BCUT2D eigenvalue weighted by atomic mass is 35.5. The van der Waals surface area contributed by atoms with Gasteiger partial charge in [0.25, 0.3) is 5.62 Å². The highest BCUT2D eigenvalue weighted by Crippen LogP contribution is 2.28. The van der Waals surface area contributed by atoms with Gasteiger partial charge in [0.1, 0.15) is 5.69 Å². The molecular formula is C20H18Cl2N8O2. The van der Waals surface area contributed by atoms with Crippen LogP contribution in [0.2, 0.25) is 10.0 Å².